The maximum atomic E-state index is 12.2. The molecular weight excluding hydrogens is 232 g/mol. The number of carbonyl (C=O) groups is 1. The summed E-state index contributed by atoms with van der Waals surface area (Å²) >= 11 is 1.69. The molecule has 2 rings (SSSR count). The Morgan fingerprint density at radius 2 is 2.00 bits per heavy atom. The third-order valence-electron chi connectivity index (χ3n) is 3.27. The second-order valence-electron chi connectivity index (χ2n) is 4.28. The van der Waals surface area contributed by atoms with Crippen molar-refractivity contribution in [3.05, 3.63) is 24.3 Å². The van der Waals surface area contributed by atoms with Gasteiger partial charge in [0.25, 0.3) is 5.91 Å². The van der Waals surface area contributed by atoms with Gasteiger partial charge in [0.2, 0.25) is 0 Å². The average molecular weight is 250 g/mol. The molecule has 2 aliphatic rings. The number of rotatable bonds is 4. The predicted octanol–water partition coefficient (Wildman–Crippen LogP) is 2.60. The van der Waals surface area contributed by atoms with E-state index in [4.69, 9.17) is 0 Å². The lowest BCUT2D eigenvalue weighted by Crippen LogP contribution is -2.49. The smallest absolute Gasteiger partial charge is 0.274 e. The van der Waals surface area contributed by atoms with Crippen LogP contribution in [0.25, 0.3) is 0 Å². The van der Waals surface area contributed by atoms with Gasteiger partial charge in [-0.15, -0.1) is 0 Å². The van der Waals surface area contributed by atoms with Gasteiger partial charge in [-0.3, -0.25) is 4.79 Å². The van der Waals surface area contributed by atoms with Crippen LogP contribution in [0.4, 0.5) is 0 Å². The highest BCUT2D eigenvalue weighted by Gasteiger charge is 2.50. The highest BCUT2D eigenvalue weighted by molar-refractivity contribution is 8.14. The predicted molar refractivity (Wildman–Crippen MR) is 73.2 cm³/mol. The van der Waals surface area contributed by atoms with Crippen LogP contribution in [0.2, 0.25) is 0 Å². The van der Waals surface area contributed by atoms with Gasteiger partial charge in [0.1, 0.15) is 5.54 Å². The van der Waals surface area contributed by atoms with Crippen molar-refractivity contribution < 1.29 is 4.79 Å². The number of amidine groups is 1. The summed E-state index contributed by atoms with van der Waals surface area (Å²) in [5.41, 5.74) is -0.447. The quantitative estimate of drug-likeness (QED) is 0.719. The summed E-state index contributed by atoms with van der Waals surface area (Å²) in [6.07, 6.45) is 9.66. The molecule has 4 heteroatoms. The fraction of sp³-hybridized carbons (Fsp3) is 0.538. The van der Waals surface area contributed by atoms with Crippen LogP contribution in [0.15, 0.2) is 29.3 Å². The zero-order valence-electron chi connectivity index (χ0n) is 10.3. The zero-order valence-corrected chi connectivity index (χ0v) is 11.2. The van der Waals surface area contributed by atoms with Gasteiger partial charge in [0.05, 0.1) is 0 Å². The average Bonchev–Trinajstić information content (AvgIpc) is 2.86. The Morgan fingerprint density at radius 3 is 2.59 bits per heavy atom. The summed E-state index contributed by atoms with van der Waals surface area (Å²) in [6, 6.07) is 0. The van der Waals surface area contributed by atoms with Crippen LogP contribution >= 0.6 is 11.8 Å². The van der Waals surface area contributed by atoms with Crippen molar-refractivity contribution in [1.29, 1.82) is 0 Å². The van der Waals surface area contributed by atoms with Gasteiger partial charge in [0, 0.05) is 12.3 Å². The Bertz CT molecular complexity index is 384. The molecule has 0 bridgehead atoms. The van der Waals surface area contributed by atoms with E-state index in [0.717, 1.165) is 30.3 Å². The molecule has 0 N–H and O–H groups in total. The number of allylic oxidation sites excluding steroid dienone is 2. The van der Waals surface area contributed by atoms with Crippen molar-refractivity contribution in [2.24, 2.45) is 4.99 Å². The van der Waals surface area contributed by atoms with Crippen LogP contribution in [-0.4, -0.2) is 33.8 Å². The molecule has 1 amide bonds. The molecule has 0 aromatic rings. The van der Waals surface area contributed by atoms with Gasteiger partial charge in [-0.1, -0.05) is 36.1 Å². The van der Waals surface area contributed by atoms with Crippen LogP contribution in [0, 0.1) is 0 Å². The molecule has 0 spiro atoms. The van der Waals surface area contributed by atoms with Crippen LogP contribution in [0.1, 0.15) is 26.7 Å². The molecule has 92 valence electrons. The number of fused-ring (bicyclic) bond motifs is 1. The molecule has 17 heavy (non-hydrogen) atoms. The van der Waals surface area contributed by atoms with Crippen molar-refractivity contribution in [1.82, 2.24) is 4.90 Å². The second kappa shape index (κ2) is 5.08. The number of amides is 1. The van der Waals surface area contributed by atoms with Crippen LogP contribution in [0.3, 0.4) is 0 Å². The van der Waals surface area contributed by atoms with E-state index in [1.54, 1.807) is 11.8 Å². The topological polar surface area (TPSA) is 32.7 Å². The SMILES string of the molecule is CC=CCC1(CC=CC)C(=O)N=C2SCCN21. The molecule has 0 atom stereocenters. The third-order valence-corrected chi connectivity index (χ3v) is 4.23. The molecule has 3 nitrogen and oxygen atoms in total. The fourth-order valence-electron chi connectivity index (χ4n) is 2.30. The molecule has 0 aromatic carbocycles. The normalized spacial score (nSPS) is 28.5. The van der Waals surface area contributed by atoms with Crippen LogP contribution < -0.4 is 0 Å². The molecule has 0 unspecified atom stereocenters. The molecule has 0 radical (unpaired) electrons. The van der Waals surface area contributed by atoms with Crippen LogP contribution in [-0.2, 0) is 4.79 Å². The van der Waals surface area contributed by atoms with E-state index in [-0.39, 0.29) is 5.91 Å². The molecular formula is C13H18N2OS. The molecule has 0 saturated carbocycles. The largest absolute Gasteiger partial charge is 0.335 e. The summed E-state index contributed by atoms with van der Waals surface area (Å²) in [5.74, 6) is 1.07. The first-order valence-electron chi connectivity index (χ1n) is 6.00. The Balaban J connectivity index is 2.29. The third kappa shape index (κ3) is 2.06. The summed E-state index contributed by atoms with van der Waals surface area (Å²) < 4.78 is 0. The first-order valence-corrected chi connectivity index (χ1v) is 6.99. The van der Waals surface area contributed by atoms with E-state index in [9.17, 15) is 4.79 Å². The summed E-state index contributed by atoms with van der Waals surface area (Å²) in [7, 11) is 0. The van der Waals surface area contributed by atoms with E-state index in [1.807, 2.05) is 26.0 Å². The number of hydrogen-bond acceptors (Lipinski definition) is 3. The first-order chi connectivity index (χ1) is 8.24. The molecule has 0 aromatic heterocycles. The maximum absolute atomic E-state index is 12.2. The number of thioether (sulfide) groups is 1. The Labute approximate surface area is 107 Å². The second-order valence-corrected chi connectivity index (χ2v) is 5.34. The van der Waals surface area contributed by atoms with Crippen molar-refractivity contribution in [3.63, 3.8) is 0 Å². The monoisotopic (exact) mass is 250 g/mol. The van der Waals surface area contributed by atoms with Crippen molar-refractivity contribution in [2.45, 2.75) is 32.2 Å². The summed E-state index contributed by atoms with van der Waals surface area (Å²) in [4.78, 5) is 18.6. The van der Waals surface area contributed by atoms with E-state index in [0.29, 0.717) is 0 Å². The molecule has 0 aliphatic carbocycles. The van der Waals surface area contributed by atoms with Crippen molar-refractivity contribution >= 4 is 22.8 Å². The van der Waals surface area contributed by atoms with E-state index in [2.05, 4.69) is 22.0 Å². The number of hydrogen-bond donors (Lipinski definition) is 0. The van der Waals surface area contributed by atoms with Crippen molar-refractivity contribution in [3.8, 4) is 0 Å². The summed E-state index contributed by atoms with van der Waals surface area (Å²) in [5, 5.41) is 0.920. The summed E-state index contributed by atoms with van der Waals surface area (Å²) in [6.45, 7) is 4.91. The zero-order chi connectivity index (χ0) is 12.3. The van der Waals surface area contributed by atoms with E-state index < -0.39 is 5.54 Å². The van der Waals surface area contributed by atoms with E-state index in [1.165, 1.54) is 0 Å². The highest BCUT2D eigenvalue weighted by Crippen LogP contribution is 2.38. The lowest BCUT2D eigenvalue weighted by molar-refractivity contribution is -0.125. The minimum atomic E-state index is -0.447. The minimum absolute atomic E-state index is 0.0240. The molecule has 2 heterocycles. The highest BCUT2D eigenvalue weighted by atomic mass is 32.2. The molecule has 1 fully saturated rings. The van der Waals surface area contributed by atoms with Crippen LogP contribution in [0.5, 0.6) is 0 Å². The van der Waals surface area contributed by atoms with Gasteiger partial charge in [-0.25, -0.2) is 0 Å². The van der Waals surface area contributed by atoms with Gasteiger partial charge in [-0.05, 0) is 26.7 Å². The first kappa shape index (κ1) is 12.4. The van der Waals surface area contributed by atoms with Crippen molar-refractivity contribution in [2.75, 3.05) is 12.3 Å². The lowest BCUT2D eigenvalue weighted by atomic mass is 9.89. The Morgan fingerprint density at radius 1 is 1.35 bits per heavy atom. The molecule has 2 aliphatic heterocycles. The molecule has 1 saturated heterocycles. The van der Waals surface area contributed by atoms with Gasteiger partial charge >= 0.3 is 0 Å². The van der Waals surface area contributed by atoms with Gasteiger partial charge in [0.15, 0.2) is 5.17 Å². The fourth-order valence-corrected chi connectivity index (χ4v) is 3.33. The Hall–Kier alpha value is -1.03. The number of carbonyl (C=O) groups excluding carboxylic acids is 1. The standard InChI is InChI=1S/C13H18N2OS/c1-3-5-7-13(8-6-4-2)11(16)14-12-15(13)9-10-17-12/h3-6H,7-10H2,1-2H3. The number of aliphatic imine (C=N–C) groups is 1. The Kier molecular flexibility index (Phi) is 3.72. The van der Waals surface area contributed by atoms with E-state index >= 15 is 0 Å². The lowest BCUT2D eigenvalue weighted by Gasteiger charge is -2.34. The minimum Gasteiger partial charge on any atom is -0.335 e. The maximum Gasteiger partial charge on any atom is 0.274 e. The van der Waals surface area contributed by atoms with Gasteiger partial charge < -0.3 is 4.90 Å². The number of nitrogens with zero attached hydrogens (tertiary/aromatic N) is 2. The van der Waals surface area contributed by atoms with Gasteiger partial charge in [-0.2, -0.15) is 4.99 Å².